The molecule has 0 amide bonds. The van der Waals surface area contributed by atoms with E-state index in [0.717, 1.165) is 31.0 Å². The maximum atomic E-state index is 5.79. The molecule has 0 fully saturated rings. The SMILES string of the molecule is CCCCc1nnc(CCl)n1CCC. The number of halogens is 1. The molecule has 0 saturated heterocycles. The van der Waals surface area contributed by atoms with Gasteiger partial charge in [-0.25, -0.2) is 0 Å². The average molecular weight is 216 g/mol. The summed E-state index contributed by atoms with van der Waals surface area (Å²) in [4.78, 5) is 0. The first kappa shape index (κ1) is 11.5. The predicted octanol–water partition coefficient (Wildman–Crippen LogP) is 2.77. The summed E-state index contributed by atoms with van der Waals surface area (Å²) >= 11 is 5.79. The summed E-state index contributed by atoms with van der Waals surface area (Å²) in [5.74, 6) is 2.45. The Kier molecular flexibility index (Phi) is 4.94. The lowest BCUT2D eigenvalue weighted by atomic mass is 10.2. The molecule has 0 N–H and O–H groups in total. The average Bonchev–Trinajstić information content (AvgIpc) is 2.58. The van der Waals surface area contributed by atoms with Gasteiger partial charge in [0, 0.05) is 13.0 Å². The molecule has 1 aromatic rings. The Hall–Kier alpha value is -0.570. The fourth-order valence-corrected chi connectivity index (χ4v) is 1.67. The molecule has 80 valence electrons. The van der Waals surface area contributed by atoms with Crippen LogP contribution in [0.1, 0.15) is 44.8 Å². The standard InChI is InChI=1S/C10H18ClN3/c1-3-5-6-9-12-13-10(8-11)14(9)7-4-2/h3-8H2,1-2H3. The van der Waals surface area contributed by atoms with E-state index in [0.29, 0.717) is 5.88 Å². The van der Waals surface area contributed by atoms with Crippen LogP contribution in [0.25, 0.3) is 0 Å². The highest BCUT2D eigenvalue weighted by molar-refractivity contribution is 6.16. The Balaban J connectivity index is 2.75. The van der Waals surface area contributed by atoms with E-state index in [1.807, 2.05) is 0 Å². The largest absolute Gasteiger partial charge is 0.314 e. The summed E-state index contributed by atoms with van der Waals surface area (Å²) in [6.07, 6.45) is 4.47. The van der Waals surface area contributed by atoms with Crippen LogP contribution in [0.4, 0.5) is 0 Å². The third kappa shape index (κ3) is 2.71. The van der Waals surface area contributed by atoms with E-state index in [4.69, 9.17) is 11.6 Å². The van der Waals surface area contributed by atoms with Crippen LogP contribution in [0.5, 0.6) is 0 Å². The van der Waals surface area contributed by atoms with Crippen LogP contribution in [-0.2, 0) is 18.8 Å². The molecule has 0 atom stereocenters. The van der Waals surface area contributed by atoms with E-state index in [2.05, 4.69) is 28.6 Å². The van der Waals surface area contributed by atoms with Crippen LogP contribution in [0, 0.1) is 0 Å². The minimum Gasteiger partial charge on any atom is -0.314 e. The first-order valence-corrected chi connectivity index (χ1v) is 5.83. The molecule has 0 radical (unpaired) electrons. The number of unbranched alkanes of at least 4 members (excludes halogenated alkanes) is 1. The molecule has 14 heavy (non-hydrogen) atoms. The molecule has 0 aliphatic carbocycles. The summed E-state index contributed by atoms with van der Waals surface area (Å²) in [7, 11) is 0. The smallest absolute Gasteiger partial charge is 0.147 e. The number of aryl methyl sites for hydroxylation is 1. The van der Waals surface area contributed by atoms with Crippen molar-refractivity contribution < 1.29 is 0 Å². The van der Waals surface area contributed by atoms with Crippen LogP contribution in [0.15, 0.2) is 0 Å². The van der Waals surface area contributed by atoms with Crippen molar-refractivity contribution in [3.05, 3.63) is 11.6 Å². The van der Waals surface area contributed by atoms with Gasteiger partial charge in [-0.2, -0.15) is 0 Å². The maximum Gasteiger partial charge on any atom is 0.147 e. The van der Waals surface area contributed by atoms with Crippen molar-refractivity contribution in [3.63, 3.8) is 0 Å². The van der Waals surface area contributed by atoms with E-state index in [1.165, 1.54) is 12.8 Å². The minimum absolute atomic E-state index is 0.457. The summed E-state index contributed by atoms with van der Waals surface area (Å²) in [6, 6.07) is 0. The normalized spacial score (nSPS) is 10.8. The zero-order chi connectivity index (χ0) is 10.4. The van der Waals surface area contributed by atoms with Crippen LogP contribution in [0.3, 0.4) is 0 Å². The van der Waals surface area contributed by atoms with Gasteiger partial charge in [-0.3, -0.25) is 0 Å². The Bertz CT molecular complexity index is 270. The minimum atomic E-state index is 0.457. The molecule has 3 nitrogen and oxygen atoms in total. The molecule has 0 saturated carbocycles. The first-order chi connectivity index (χ1) is 6.83. The van der Waals surface area contributed by atoms with E-state index in [9.17, 15) is 0 Å². The van der Waals surface area contributed by atoms with Gasteiger partial charge in [0.1, 0.15) is 11.6 Å². The van der Waals surface area contributed by atoms with E-state index in [1.54, 1.807) is 0 Å². The van der Waals surface area contributed by atoms with Crippen molar-refractivity contribution in [2.24, 2.45) is 0 Å². The van der Waals surface area contributed by atoms with Gasteiger partial charge in [-0.1, -0.05) is 20.3 Å². The molecule has 0 bridgehead atoms. The van der Waals surface area contributed by atoms with Gasteiger partial charge in [-0.15, -0.1) is 21.8 Å². The topological polar surface area (TPSA) is 30.7 Å². The number of hydrogen-bond donors (Lipinski definition) is 0. The van der Waals surface area contributed by atoms with E-state index >= 15 is 0 Å². The summed E-state index contributed by atoms with van der Waals surface area (Å²) in [6.45, 7) is 5.32. The second kappa shape index (κ2) is 6.02. The van der Waals surface area contributed by atoms with Gasteiger partial charge in [0.15, 0.2) is 0 Å². The Morgan fingerprint density at radius 3 is 2.43 bits per heavy atom. The van der Waals surface area contributed by atoms with Gasteiger partial charge in [0.2, 0.25) is 0 Å². The Morgan fingerprint density at radius 1 is 1.14 bits per heavy atom. The number of aromatic nitrogens is 3. The summed E-state index contributed by atoms with van der Waals surface area (Å²) in [5, 5.41) is 8.26. The second-order valence-electron chi connectivity index (χ2n) is 3.42. The van der Waals surface area contributed by atoms with Crippen LogP contribution >= 0.6 is 11.6 Å². The maximum absolute atomic E-state index is 5.79. The molecule has 0 unspecified atom stereocenters. The number of rotatable bonds is 6. The monoisotopic (exact) mass is 215 g/mol. The van der Waals surface area contributed by atoms with Crippen molar-refractivity contribution in [1.82, 2.24) is 14.8 Å². The molecule has 0 aliphatic rings. The number of hydrogen-bond acceptors (Lipinski definition) is 2. The molecular weight excluding hydrogens is 198 g/mol. The molecule has 0 aliphatic heterocycles. The van der Waals surface area contributed by atoms with Crippen molar-refractivity contribution in [3.8, 4) is 0 Å². The highest BCUT2D eigenvalue weighted by Crippen LogP contribution is 2.09. The summed E-state index contributed by atoms with van der Waals surface area (Å²) < 4.78 is 2.16. The zero-order valence-electron chi connectivity index (χ0n) is 8.96. The molecule has 1 aromatic heterocycles. The first-order valence-electron chi connectivity index (χ1n) is 5.30. The van der Waals surface area contributed by atoms with E-state index < -0.39 is 0 Å². The van der Waals surface area contributed by atoms with E-state index in [-0.39, 0.29) is 0 Å². The lowest BCUT2D eigenvalue weighted by molar-refractivity contribution is 0.605. The lowest BCUT2D eigenvalue weighted by Crippen LogP contribution is -2.06. The fourth-order valence-electron chi connectivity index (χ4n) is 1.47. The quantitative estimate of drug-likeness (QED) is 0.684. The third-order valence-corrected chi connectivity index (χ3v) is 2.46. The Morgan fingerprint density at radius 2 is 1.86 bits per heavy atom. The van der Waals surface area contributed by atoms with Crippen LogP contribution in [0.2, 0.25) is 0 Å². The fraction of sp³-hybridized carbons (Fsp3) is 0.800. The highest BCUT2D eigenvalue weighted by Gasteiger charge is 2.09. The Labute approximate surface area is 90.5 Å². The van der Waals surface area contributed by atoms with Gasteiger partial charge in [0.25, 0.3) is 0 Å². The molecule has 1 heterocycles. The molecule has 0 spiro atoms. The van der Waals surface area contributed by atoms with Crippen molar-refractivity contribution >= 4 is 11.6 Å². The zero-order valence-corrected chi connectivity index (χ0v) is 9.72. The van der Waals surface area contributed by atoms with Gasteiger partial charge in [-0.05, 0) is 12.8 Å². The van der Waals surface area contributed by atoms with Gasteiger partial charge >= 0.3 is 0 Å². The van der Waals surface area contributed by atoms with Crippen molar-refractivity contribution in [2.45, 2.75) is 52.0 Å². The lowest BCUT2D eigenvalue weighted by Gasteiger charge is -2.06. The molecule has 4 heteroatoms. The van der Waals surface area contributed by atoms with Crippen LogP contribution < -0.4 is 0 Å². The highest BCUT2D eigenvalue weighted by atomic mass is 35.5. The summed E-state index contributed by atoms with van der Waals surface area (Å²) in [5.41, 5.74) is 0. The number of nitrogens with zero attached hydrogens (tertiary/aromatic N) is 3. The molecule has 0 aromatic carbocycles. The van der Waals surface area contributed by atoms with Gasteiger partial charge < -0.3 is 4.57 Å². The predicted molar refractivity (Wildman–Crippen MR) is 58.5 cm³/mol. The van der Waals surface area contributed by atoms with Gasteiger partial charge in [0.05, 0.1) is 5.88 Å². The molecular formula is C10H18ClN3. The third-order valence-electron chi connectivity index (χ3n) is 2.22. The second-order valence-corrected chi connectivity index (χ2v) is 3.69. The van der Waals surface area contributed by atoms with Crippen LogP contribution in [-0.4, -0.2) is 14.8 Å². The van der Waals surface area contributed by atoms with Crippen molar-refractivity contribution in [2.75, 3.05) is 0 Å². The van der Waals surface area contributed by atoms with Crippen molar-refractivity contribution in [1.29, 1.82) is 0 Å². The number of alkyl halides is 1. The molecule has 1 rings (SSSR count).